The van der Waals surface area contributed by atoms with E-state index in [9.17, 15) is 4.79 Å². The largest absolute Gasteiger partial charge is 0.419 e. The summed E-state index contributed by atoms with van der Waals surface area (Å²) in [5.41, 5.74) is 2.67. The quantitative estimate of drug-likeness (QED) is 0.483. The molecule has 1 saturated carbocycles. The topological polar surface area (TPSA) is 71.7 Å². The normalized spacial score (nSPS) is 20.9. The number of halogens is 1. The standard InChI is InChI=1S/C26H29ClN4O3/c1-17-13-30(14-18(2)33-17)15-19-3-5-21(6-4-19)26(32)31(23-11-12-23)16-24-28-29-25(34-24)20-7-9-22(27)10-8-20/h3-10,17-18,23H,11-16H2,1-2H3. The van der Waals surface area contributed by atoms with E-state index in [-0.39, 0.29) is 24.2 Å². The summed E-state index contributed by atoms with van der Waals surface area (Å²) in [5.74, 6) is 0.845. The van der Waals surface area contributed by atoms with Crippen molar-refractivity contribution in [3.63, 3.8) is 0 Å². The predicted octanol–water partition coefficient (Wildman–Crippen LogP) is 4.80. The molecule has 1 saturated heterocycles. The van der Waals surface area contributed by atoms with Crippen LogP contribution in [0.3, 0.4) is 0 Å². The molecule has 178 valence electrons. The molecule has 0 bridgehead atoms. The van der Waals surface area contributed by atoms with Gasteiger partial charge in [-0.3, -0.25) is 9.69 Å². The SMILES string of the molecule is CC1CN(Cc2ccc(C(=O)N(Cc3nnc(-c4ccc(Cl)cc4)o3)C3CC3)cc2)CC(C)O1. The second-order valence-electron chi connectivity index (χ2n) is 9.32. The maximum absolute atomic E-state index is 13.3. The van der Waals surface area contributed by atoms with Crippen molar-refractivity contribution in [1.82, 2.24) is 20.0 Å². The maximum Gasteiger partial charge on any atom is 0.254 e. The van der Waals surface area contributed by atoms with Gasteiger partial charge in [0.05, 0.1) is 18.8 Å². The minimum absolute atomic E-state index is 0.00564. The molecule has 8 heteroatoms. The van der Waals surface area contributed by atoms with Gasteiger partial charge in [0.1, 0.15) is 0 Å². The molecule has 1 aliphatic heterocycles. The summed E-state index contributed by atoms with van der Waals surface area (Å²) in [6.45, 7) is 7.21. The molecule has 2 atom stereocenters. The number of hydrogen-bond donors (Lipinski definition) is 0. The van der Waals surface area contributed by atoms with Crippen LogP contribution in [0.1, 0.15) is 48.5 Å². The van der Waals surface area contributed by atoms with Crippen LogP contribution < -0.4 is 0 Å². The van der Waals surface area contributed by atoms with Crippen LogP contribution in [-0.4, -0.2) is 57.2 Å². The van der Waals surface area contributed by atoms with Crippen LogP contribution in [0.2, 0.25) is 5.02 Å². The number of carbonyl (C=O) groups excluding carboxylic acids is 1. The zero-order valence-electron chi connectivity index (χ0n) is 19.5. The molecule has 0 spiro atoms. The third-order valence-corrected chi connectivity index (χ3v) is 6.47. The first kappa shape index (κ1) is 23.0. The first-order valence-corrected chi connectivity index (χ1v) is 12.2. The lowest BCUT2D eigenvalue weighted by molar-refractivity contribution is -0.0704. The van der Waals surface area contributed by atoms with E-state index in [4.69, 9.17) is 20.8 Å². The lowest BCUT2D eigenvalue weighted by Gasteiger charge is -2.35. The summed E-state index contributed by atoms with van der Waals surface area (Å²) in [6, 6.07) is 15.4. The molecule has 34 heavy (non-hydrogen) atoms. The van der Waals surface area contributed by atoms with Gasteiger partial charge in [0.2, 0.25) is 11.8 Å². The Kier molecular flexibility index (Phi) is 6.68. The van der Waals surface area contributed by atoms with Gasteiger partial charge in [0, 0.05) is 41.8 Å². The number of hydrogen-bond acceptors (Lipinski definition) is 6. The minimum Gasteiger partial charge on any atom is -0.419 e. The molecule has 3 aromatic rings. The van der Waals surface area contributed by atoms with Crippen LogP contribution in [0.15, 0.2) is 52.9 Å². The third kappa shape index (κ3) is 5.49. The molecule has 2 unspecified atom stereocenters. The van der Waals surface area contributed by atoms with Gasteiger partial charge in [0.15, 0.2) is 0 Å². The Bertz CT molecular complexity index is 1120. The number of amides is 1. The van der Waals surface area contributed by atoms with E-state index in [0.717, 1.165) is 38.0 Å². The molecule has 2 heterocycles. The Hall–Kier alpha value is -2.74. The number of aromatic nitrogens is 2. The first-order valence-electron chi connectivity index (χ1n) is 11.8. The van der Waals surface area contributed by atoms with Crippen molar-refractivity contribution >= 4 is 17.5 Å². The summed E-state index contributed by atoms with van der Waals surface area (Å²) < 4.78 is 11.7. The Balaban J connectivity index is 1.25. The van der Waals surface area contributed by atoms with E-state index >= 15 is 0 Å². The highest BCUT2D eigenvalue weighted by Gasteiger charge is 2.34. The molecule has 0 N–H and O–H groups in total. The van der Waals surface area contributed by atoms with Gasteiger partial charge in [-0.05, 0) is 68.7 Å². The molecule has 2 aliphatic rings. The van der Waals surface area contributed by atoms with Crippen molar-refractivity contribution < 1.29 is 13.9 Å². The average Bonchev–Trinajstić information content (AvgIpc) is 3.55. The van der Waals surface area contributed by atoms with Gasteiger partial charge in [0.25, 0.3) is 5.91 Å². The number of ether oxygens (including phenoxy) is 1. The first-order chi connectivity index (χ1) is 16.4. The molecule has 0 radical (unpaired) electrons. The average molecular weight is 481 g/mol. The molecule has 7 nitrogen and oxygen atoms in total. The van der Waals surface area contributed by atoms with E-state index in [1.54, 1.807) is 12.1 Å². The maximum atomic E-state index is 13.3. The lowest BCUT2D eigenvalue weighted by atomic mass is 10.1. The van der Waals surface area contributed by atoms with Gasteiger partial charge in [-0.25, -0.2) is 0 Å². The Labute approximate surface area is 204 Å². The van der Waals surface area contributed by atoms with Crippen LogP contribution in [0.5, 0.6) is 0 Å². The fourth-order valence-electron chi connectivity index (χ4n) is 4.52. The highest BCUT2D eigenvalue weighted by Crippen LogP contribution is 2.30. The van der Waals surface area contributed by atoms with Crippen LogP contribution in [0, 0.1) is 0 Å². The molecule has 1 amide bonds. The van der Waals surface area contributed by atoms with E-state index in [2.05, 4.69) is 41.1 Å². The van der Waals surface area contributed by atoms with Crippen LogP contribution >= 0.6 is 11.6 Å². The zero-order chi connectivity index (χ0) is 23.7. The van der Waals surface area contributed by atoms with Gasteiger partial charge in [-0.1, -0.05) is 23.7 Å². The number of benzene rings is 2. The Morgan fingerprint density at radius 3 is 2.35 bits per heavy atom. The highest BCUT2D eigenvalue weighted by atomic mass is 35.5. The van der Waals surface area contributed by atoms with Crippen LogP contribution in [0.25, 0.3) is 11.5 Å². The zero-order valence-corrected chi connectivity index (χ0v) is 20.2. The Morgan fingerprint density at radius 2 is 1.71 bits per heavy atom. The summed E-state index contributed by atoms with van der Waals surface area (Å²) in [6.07, 6.45) is 2.47. The number of nitrogens with zero attached hydrogens (tertiary/aromatic N) is 4. The summed E-state index contributed by atoms with van der Waals surface area (Å²) in [7, 11) is 0. The van der Waals surface area contributed by atoms with Gasteiger partial charge in [-0.2, -0.15) is 0 Å². The number of morpholine rings is 1. The fourth-order valence-corrected chi connectivity index (χ4v) is 4.64. The van der Waals surface area contributed by atoms with Gasteiger partial charge in [-0.15, -0.1) is 10.2 Å². The van der Waals surface area contributed by atoms with Crippen LogP contribution in [0.4, 0.5) is 0 Å². The lowest BCUT2D eigenvalue weighted by Crippen LogP contribution is -2.44. The Morgan fingerprint density at radius 1 is 1.03 bits per heavy atom. The van der Waals surface area contributed by atoms with Crippen molar-refractivity contribution in [3.05, 3.63) is 70.6 Å². The molecular weight excluding hydrogens is 452 g/mol. The molecule has 5 rings (SSSR count). The number of carbonyl (C=O) groups is 1. The second-order valence-corrected chi connectivity index (χ2v) is 9.76. The van der Waals surface area contributed by atoms with Crippen molar-refractivity contribution in [2.24, 2.45) is 0 Å². The third-order valence-electron chi connectivity index (χ3n) is 6.21. The molecule has 2 fully saturated rings. The fraction of sp³-hybridized carbons (Fsp3) is 0.423. The van der Waals surface area contributed by atoms with E-state index < -0.39 is 0 Å². The summed E-state index contributed by atoms with van der Waals surface area (Å²) in [4.78, 5) is 17.6. The van der Waals surface area contributed by atoms with Gasteiger partial charge >= 0.3 is 0 Å². The molecule has 2 aromatic carbocycles. The van der Waals surface area contributed by atoms with E-state index in [1.807, 2.05) is 29.2 Å². The van der Waals surface area contributed by atoms with E-state index in [0.29, 0.717) is 28.9 Å². The van der Waals surface area contributed by atoms with Crippen LogP contribution in [-0.2, 0) is 17.8 Å². The van der Waals surface area contributed by atoms with Crippen molar-refractivity contribution in [1.29, 1.82) is 0 Å². The highest BCUT2D eigenvalue weighted by molar-refractivity contribution is 6.30. The van der Waals surface area contributed by atoms with Gasteiger partial charge < -0.3 is 14.1 Å². The number of rotatable bonds is 7. The summed E-state index contributed by atoms with van der Waals surface area (Å²) >= 11 is 5.96. The molecular formula is C26H29ClN4O3. The smallest absolute Gasteiger partial charge is 0.254 e. The molecule has 1 aliphatic carbocycles. The predicted molar refractivity (Wildman–Crippen MR) is 129 cm³/mol. The molecule has 1 aromatic heterocycles. The second kappa shape index (κ2) is 9.86. The van der Waals surface area contributed by atoms with E-state index in [1.165, 1.54) is 5.56 Å². The van der Waals surface area contributed by atoms with Crippen molar-refractivity contribution in [2.45, 2.75) is 58.0 Å². The minimum atomic E-state index is -0.00564. The summed E-state index contributed by atoms with van der Waals surface area (Å²) in [5, 5.41) is 8.97. The monoisotopic (exact) mass is 480 g/mol. The van der Waals surface area contributed by atoms with Crippen molar-refractivity contribution in [3.8, 4) is 11.5 Å². The van der Waals surface area contributed by atoms with Crippen molar-refractivity contribution in [2.75, 3.05) is 13.1 Å².